The summed E-state index contributed by atoms with van der Waals surface area (Å²) >= 11 is 0. The minimum Gasteiger partial charge on any atom is -0.508 e. The molecule has 53 heavy (non-hydrogen) atoms. The van der Waals surface area contributed by atoms with Crippen LogP contribution in [0, 0.1) is 11.6 Å². The number of halogens is 2. The Hall–Kier alpha value is -4.20. The molecule has 11 nitrogen and oxygen atoms in total. The number of carbonyl (C=O) groups is 1. The fourth-order valence-corrected chi connectivity index (χ4v) is 7.64. The van der Waals surface area contributed by atoms with Crippen LogP contribution in [0.1, 0.15) is 73.6 Å². The maximum Gasteiger partial charge on any atom is 0.319 e. The number of pyridine rings is 1. The second-order valence-corrected chi connectivity index (χ2v) is 13.5. The van der Waals surface area contributed by atoms with Crippen molar-refractivity contribution < 1.29 is 28.2 Å². The zero-order chi connectivity index (χ0) is 38.1. The van der Waals surface area contributed by atoms with Gasteiger partial charge in [-0.15, -0.1) is 0 Å². The lowest BCUT2D eigenvalue weighted by Crippen LogP contribution is -2.55. The van der Waals surface area contributed by atoms with Gasteiger partial charge in [-0.05, 0) is 49.4 Å². The lowest BCUT2D eigenvalue weighted by molar-refractivity contribution is -0.122. The molecule has 0 radical (unpaired) electrons. The van der Waals surface area contributed by atoms with E-state index in [1.165, 1.54) is 36.9 Å². The number of fused-ring (bicyclic) bond motifs is 9. The number of ether oxygens (including phenoxy) is 2. The van der Waals surface area contributed by atoms with Crippen molar-refractivity contribution in [2.24, 2.45) is 0 Å². The zero-order valence-electron chi connectivity index (χ0n) is 32.0. The Morgan fingerprint density at radius 1 is 1.08 bits per heavy atom. The van der Waals surface area contributed by atoms with Crippen LogP contribution in [0.15, 0.2) is 36.5 Å². The van der Waals surface area contributed by atoms with Crippen molar-refractivity contribution in [3.8, 4) is 23.0 Å². The standard InChI is InChI=1S/C33H35F2N7O4.C3H8.2C2H6/c34-25-4-1-3-19-11-21(43)12-23(27(19)25)29-28(35)30-24(15-38-29)31-40-32(39-30)46-18-33-6-2-8-42(33)17-22(13-33)45-10-5-26(44)37-14-20-16-41(31)9-7-36-20;1-3-2;2*1-2/h1,3-4,11-12,15,20,22,36,43H,2,5-10,13-14,16-18H2,(H,37,44);3H2,1-2H3;2*1-2H3. The number of benzene rings is 2. The second-order valence-electron chi connectivity index (χ2n) is 13.5. The third-order valence-corrected chi connectivity index (χ3v) is 9.84. The highest BCUT2D eigenvalue weighted by atomic mass is 19.1. The topological polar surface area (TPSA) is 125 Å². The van der Waals surface area contributed by atoms with Crippen molar-refractivity contribution >= 4 is 33.4 Å². The summed E-state index contributed by atoms with van der Waals surface area (Å²) in [5, 5.41) is 17.9. The number of aromatic nitrogens is 3. The van der Waals surface area contributed by atoms with E-state index in [0.717, 1.165) is 32.4 Å². The highest BCUT2D eigenvalue weighted by Crippen LogP contribution is 2.41. The van der Waals surface area contributed by atoms with Crippen molar-refractivity contribution in [2.75, 3.05) is 57.4 Å². The van der Waals surface area contributed by atoms with Gasteiger partial charge >= 0.3 is 6.01 Å². The molecule has 288 valence electrons. The fraction of sp³-hybridized carbons (Fsp3) is 0.550. The predicted molar refractivity (Wildman–Crippen MR) is 206 cm³/mol. The van der Waals surface area contributed by atoms with Gasteiger partial charge in [0.1, 0.15) is 35.2 Å². The number of hydrogen-bond acceptors (Lipinski definition) is 10. The average Bonchev–Trinajstić information content (AvgIpc) is 3.72. The van der Waals surface area contributed by atoms with E-state index in [1.54, 1.807) is 6.07 Å². The van der Waals surface area contributed by atoms with Crippen LogP contribution in [0.2, 0.25) is 0 Å². The number of anilines is 1. The van der Waals surface area contributed by atoms with E-state index in [4.69, 9.17) is 14.5 Å². The molecule has 6 bridgehead atoms. The molecule has 1 spiro atoms. The van der Waals surface area contributed by atoms with Gasteiger partial charge in [0, 0.05) is 62.3 Å². The number of rotatable bonds is 1. The summed E-state index contributed by atoms with van der Waals surface area (Å²) in [5.41, 5.74) is -0.284. The number of aromatic hydroxyl groups is 1. The molecule has 3 unspecified atom stereocenters. The van der Waals surface area contributed by atoms with Crippen LogP contribution in [0.25, 0.3) is 32.9 Å². The summed E-state index contributed by atoms with van der Waals surface area (Å²) in [5.74, 6) is -1.04. The minimum absolute atomic E-state index is 0.00690. The smallest absolute Gasteiger partial charge is 0.319 e. The van der Waals surface area contributed by atoms with Gasteiger partial charge in [-0.25, -0.2) is 8.78 Å². The quantitative estimate of drug-likeness (QED) is 0.197. The normalized spacial score (nSPS) is 22.9. The summed E-state index contributed by atoms with van der Waals surface area (Å²) in [7, 11) is 0. The first-order valence-corrected chi connectivity index (χ1v) is 19.3. The molecule has 0 saturated carbocycles. The maximum absolute atomic E-state index is 16.7. The lowest BCUT2D eigenvalue weighted by atomic mass is 9.94. The minimum atomic E-state index is -0.763. The van der Waals surface area contributed by atoms with E-state index in [9.17, 15) is 9.90 Å². The summed E-state index contributed by atoms with van der Waals surface area (Å²) in [6, 6.07) is 7.20. The van der Waals surface area contributed by atoms with Gasteiger partial charge in [0.25, 0.3) is 0 Å². The maximum atomic E-state index is 16.7. The molecule has 3 saturated heterocycles. The highest BCUT2D eigenvalue weighted by molar-refractivity contribution is 6.00. The van der Waals surface area contributed by atoms with Crippen molar-refractivity contribution in [2.45, 2.75) is 91.3 Å². The average molecular weight is 736 g/mol. The van der Waals surface area contributed by atoms with E-state index in [-0.39, 0.29) is 57.5 Å². The van der Waals surface area contributed by atoms with E-state index < -0.39 is 11.6 Å². The number of hydrogen-bond donors (Lipinski definition) is 3. The molecule has 4 aliphatic heterocycles. The predicted octanol–water partition coefficient (Wildman–Crippen LogP) is 6.60. The van der Waals surface area contributed by atoms with Gasteiger partial charge in [0.2, 0.25) is 5.91 Å². The summed E-state index contributed by atoms with van der Waals surface area (Å²) in [4.78, 5) is 30.9. The molecule has 4 aromatic rings. The molecular formula is C40H55F2N7O4. The van der Waals surface area contributed by atoms with Gasteiger partial charge in [0.05, 0.1) is 23.6 Å². The Labute approximate surface area is 311 Å². The third kappa shape index (κ3) is 8.63. The number of nitrogens with zero attached hydrogens (tertiary/aromatic N) is 5. The molecule has 2 aromatic heterocycles. The van der Waals surface area contributed by atoms with Crippen molar-refractivity contribution in [3.05, 3.63) is 48.2 Å². The number of nitrogens with one attached hydrogen (secondary N) is 2. The molecule has 6 heterocycles. The van der Waals surface area contributed by atoms with Crippen molar-refractivity contribution in [1.29, 1.82) is 0 Å². The first kappa shape index (κ1) is 40.0. The third-order valence-electron chi connectivity index (χ3n) is 9.84. The Morgan fingerprint density at radius 3 is 2.66 bits per heavy atom. The zero-order valence-corrected chi connectivity index (χ0v) is 32.0. The number of phenolic OH excluding ortho intramolecular Hbond substituents is 1. The van der Waals surface area contributed by atoms with Crippen LogP contribution in [0.4, 0.5) is 14.6 Å². The van der Waals surface area contributed by atoms with Crippen LogP contribution in [-0.2, 0) is 9.53 Å². The van der Waals surface area contributed by atoms with E-state index in [1.807, 2.05) is 32.6 Å². The molecule has 3 N–H and O–H groups in total. The molecule has 8 rings (SSSR count). The monoisotopic (exact) mass is 735 g/mol. The van der Waals surface area contributed by atoms with Crippen LogP contribution in [0.5, 0.6) is 11.8 Å². The molecule has 3 atom stereocenters. The molecule has 3 fully saturated rings. The SMILES string of the molecule is CC.CC.CCC.O=C1CCOC2CN3CCCC3(COc3nc(c4cnc(-c5cc(O)cc6cccc(F)c56)c(F)c4n3)N3CCNC(CN1)C3)C2. The summed E-state index contributed by atoms with van der Waals surface area (Å²) < 4.78 is 44.3. The van der Waals surface area contributed by atoms with Crippen LogP contribution >= 0.6 is 0 Å². The Balaban J connectivity index is 0.000000727. The number of amides is 1. The van der Waals surface area contributed by atoms with Gasteiger partial charge in [0.15, 0.2) is 5.82 Å². The van der Waals surface area contributed by atoms with Crippen molar-refractivity contribution in [3.63, 3.8) is 0 Å². The summed E-state index contributed by atoms with van der Waals surface area (Å²) in [6.45, 7) is 16.7. The largest absolute Gasteiger partial charge is 0.508 e. The molecule has 0 aliphatic carbocycles. The number of piperazine rings is 1. The molecular weight excluding hydrogens is 680 g/mol. The van der Waals surface area contributed by atoms with Gasteiger partial charge in [-0.2, -0.15) is 9.97 Å². The number of phenols is 1. The van der Waals surface area contributed by atoms with Crippen LogP contribution in [0.3, 0.4) is 0 Å². The van der Waals surface area contributed by atoms with Gasteiger partial charge < -0.3 is 30.1 Å². The first-order chi connectivity index (χ1) is 25.8. The van der Waals surface area contributed by atoms with Crippen LogP contribution in [-0.4, -0.2) is 101 Å². The Morgan fingerprint density at radius 2 is 1.87 bits per heavy atom. The summed E-state index contributed by atoms with van der Waals surface area (Å²) in [6.07, 6.45) is 5.73. The van der Waals surface area contributed by atoms with Crippen molar-refractivity contribution in [1.82, 2.24) is 30.5 Å². The Bertz CT molecular complexity index is 1860. The molecule has 1 amide bonds. The Kier molecular flexibility index (Phi) is 13.8. The van der Waals surface area contributed by atoms with Crippen LogP contribution < -0.4 is 20.3 Å². The fourth-order valence-electron chi connectivity index (χ4n) is 7.64. The van der Waals surface area contributed by atoms with E-state index in [2.05, 4.69) is 39.3 Å². The number of carbonyl (C=O) groups excluding carboxylic acids is 1. The van der Waals surface area contributed by atoms with Gasteiger partial charge in [-0.1, -0.05) is 60.1 Å². The van der Waals surface area contributed by atoms with Gasteiger partial charge in [-0.3, -0.25) is 14.7 Å². The first-order valence-electron chi connectivity index (χ1n) is 19.3. The molecule has 4 aliphatic rings. The lowest BCUT2D eigenvalue weighted by Gasteiger charge is -2.35. The highest BCUT2D eigenvalue weighted by Gasteiger charge is 2.49. The molecule has 13 heteroatoms. The van der Waals surface area contributed by atoms with E-state index in [0.29, 0.717) is 62.4 Å². The van der Waals surface area contributed by atoms with E-state index >= 15 is 8.78 Å². The molecule has 2 aromatic carbocycles. The second kappa shape index (κ2) is 18.2.